The third-order valence-corrected chi connectivity index (χ3v) is 7.32. The Kier molecular flexibility index (Phi) is 6.36. The highest BCUT2D eigenvalue weighted by molar-refractivity contribution is 7.10. The van der Waals surface area contributed by atoms with Gasteiger partial charge in [-0.1, -0.05) is 6.07 Å². The van der Waals surface area contributed by atoms with Gasteiger partial charge in [-0.05, 0) is 47.2 Å². The van der Waals surface area contributed by atoms with E-state index >= 15 is 0 Å². The maximum atomic E-state index is 12.9. The second-order valence-electron chi connectivity index (χ2n) is 8.28. The van der Waals surface area contributed by atoms with Gasteiger partial charge in [-0.25, -0.2) is 4.98 Å². The van der Waals surface area contributed by atoms with Gasteiger partial charge in [-0.15, -0.1) is 11.3 Å². The molecule has 2 aromatic heterocycles. The van der Waals surface area contributed by atoms with Gasteiger partial charge in [-0.3, -0.25) is 9.69 Å². The first-order valence-electron chi connectivity index (χ1n) is 11.2. The molecule has 8 nitrogen and oxygen atoms in total. The third-order valence-electron chi connectivity index (χ3n) is 6.40. The average Bonchev–Trinajstić information content (AvgIpc) is 3.41. The fourth-order valence-electron chi connectivity index (χ4n) is 4.73. The van der Waals surface area contributed by atoms with Crippen LogP contribution in [0.5, 0.6) is 23.0 Å². The lowest BCUT2D eigenvalue weighted by Crippen LogP contribution is -2.36. The summed E-state index contributed by atoms with van der Waals surface area (Å²) in [5.74, 6) is 3.06. The molecule has 3 heterocycles. The molecule has 0 radical (unpaired) electrons. The van der Waals surface area contributed by atoms with Crippen LogP contribution in [-0.4, -0.2) is 49.9 Å². The maximum absolute atomic E-state index is 12.9. The highest BCUT2D eigenvalue weighted by Gasteiger charge is 2.31. The summed E-state index contributed by atoms with van der Waals surface area (Å²) in [6.45, 7) is 1.29. The summed E-state index contributed by atoms with van der Waals surface area (Å²) in [5, 5.41) is 2.54. The SMILES string of the molecule is COc1cc2c(cc1OC)[C@@H](c1cccs1)N(Cc1nc3cc(OC)c(OC)cc3c(=O)[nH]1)CC2. The Morgan fingerprint density at radius 2 is 1.69 bits per heavy atom. The Morgan fingerprint density at radius 1 is 1.00 bits per heavy atom. The van der Waals surface area contributed by atoms with Crippen LogP contribution in [-0.2, 0) is 13.0 Å². The monoisotopic (exact) mass is 493 g/mol. The Labute approximate surface area is 207 Å². The number of benzene rings is 2. The molecular formula is C26H27N3O5S. The van der Waals surface area contributed by atoms with Crippen LogP contribution in [0.1, 0.15) is 27.9 Å². The van der Waals surface area contributed by atoms with Crippen molar-refractivity contribution < 1.29 is 18.9 Å². The molecule has 182 valence electrons. The predicted molar refractivity (Wildman–Crippen MR) is 135 cm³/mol. The van der Waals surface area contributed by atoms with Crippen molar-refractivity contribution in [2.45, 2.75) is 19.0 Å². The first kappa shape index (κ1) is 23.2. The highest BCUT2D eigenvalue weighted by atomic mass is 32.1. The summed E-state index contributed by atoms with van der Waals surface area (Å²) in [6.07, 6.45) is 0.848. The summed E-state index contributed by atoms with van der Waals surface area (Å²) in [6, 6.07) is 11.7. The summed E-state index contributed by atoms with van der Waals surface area (Å²) in [4.78, 5) is 24.2. The molecule has 0 saturated carbocycles. The summed E-state index contributed by atoms with van der Waals surface area (Å²) in [7, 11) is 6.42. The van der Waals surface area contributed by atoms with Crippen molar-refractivity contribution in [1.29, 1.82) is 0 Å². The number of nitrogens with zero attached hydrogens (tertiary/aromatic N) is 2. The standard InChI is InChI=1S/C26H27N3O5S/c1-31-19-10-15-7-8-29(25(23-6-5-9-35-23)16(15)11-20(19)32-2)14-24-27-18-13-22(34-4)21(33-3)12-17(18)26(30)28-24/h5-6,9-13,25H,7-8,14H2,1-4H3,(H,27,28,30)/t25-/m0/s1. The van der Waals surface area contributed by atoms with E-state index in [2.05, 4.69) is 39.5 Å². The van der Waals surface area contributed by atoms with E-state index in [1.165, 1.54) is 16.0 Å². The second kappa shape index (κ2) is 9.59. The van der Waals surface area contributed by atoms with Crippen LogP contribution >= 0.6 is 11.3 Å². The molecule has 35 heavy (non-hydrogen) atoms. The third kappa shape index (κ3) is 4.21. The Morgan fingerprint density at radius 3 is 2.37 bits per heavy atom. The van der Waals surface area contributed by atoms with E-state index in [1.807, 2.05) is 0 Å². The van der Waals surface area contributed by atoms with E-state index in [0.717, 1.165) is 18.7 Å². The maximum Gasteiger partial charge on any atom is 0.258 e. The molecule has 0 spiro atoms. The first-order chi connectivity index (χ1) is 17.1. The lowest BCUT2D eigenvalue weighted by molar-refractivity contribution is 0.201. The molecule has 0 unspecified atom stereocenters. The van der Waals surface area contributed by atoms with Crippen LogP contribution in [0.2, 0.25) is 0 Å². The number of hydrogen-bond acceptors (Lipinski definition) is 8. The fraction of sp³-hybridized carbons (Fsp3) is 0.308. The molecule has 2 aromatic carbocycles. The van der Waals surface area contributed by atoms with Crippen molar-refractivity contribution in [2.24, 2.45) is 0 Å². The minimum atomic E-state index is -0.206. The quantitative estimate of drug-likeness (QED) is 0.414. The van der Waals surface area contributed by atoms with E-state index in [9.17, 15) is 4.79 Å². The highest BCUT2D eigenvalue weighted by Crippen LogP contribution is 2.42. The number of thiophene rings is 1. The molecule has 4 aromatic rings. The van der Waals surface area contributed by atoms with Crippen molar-refractivity contribution in [3.05, 3.63) is 74.0 Å². The molecule has 0 fully saturated rings. The molecule has 0 aliphatic carbocycles. The molecule has 9 heteroatoms. The number of aromatic amines is 1. The zero-order valence-corrected chi connectivity index (χ0v) is 20.9. The zero-order chi connectivity index (χ0) is 24.5. The van der Waals surface area contributed by atoms with Crippen molar-refractivity contribution in [1.82, 2.24) is 14.9 Å². The number of nitrogens with one attached hydrogen (secondary N) is 1. The normalized spacial score (nSPS) is 15.6. The second-order valence-corrected chi connectivity index (χ2v) is 9.26. The van der Waals surface area contributed by atoms with Crippen LogP contribution in [0.25, 0.3) is 10.9 Å². The number of methoxy groups -OCH3 is 4. The van der Waals surface area contributed by atoms with Gasteiger partial charge in [0.15, 0.2) is 23.0 Å². The lowest BCUT2D eigenvalue weighted by Gasteiger charge is -2.37. The molecular weight excluding hydrogens is 466 g/mol. The van der Waals surface area contributed by atoms with Crippen molar-refractivity contribution >= 4 is 22.2 Å². The Balaban J connectivity index is 1.56. The van der Waals surface area contributed by atoms with E-state index < -0.39 is 0 Å². The van der Waals surface area contributed by atoms with Crippen LogP contribution in [0, 0.1) is 0 Å². The van der Waals surface area contributed by atoms with Crippen molar-refractivity contribution in [2.75, 3.05) is 35.0 Å². The fourth-order valence-corrected chi connectivity index (χ4v) is 5.61. The van der Waals surface area contributed by atoms with E-state index in [-0.39, 0.29) is 11.6 Å². The summed E-state index contributed by atoms with van der Waals surface area (Å²) in [5.41, 5.74) is 2.76. The van der Waals surface area contributed by atoms with Gasteiger partial charge in [-0.2, -0.15) is 0 Å². The topological polar surface area (TPSA) is 85.9 Å². The molecule has 0 bridgehead atoms. The van der Waals surface area contributed by atoms with Gasteiger partial charge in [0.1, 0.15) is 5.82 Å². The minimum Gasteiger partial charge on any atom is -0.493 e. The number of hydrogen-bond donors (Lipinski definition) is 1. The number of ether oxygens (including phenoxy) is 4. The van der Waals surface area contributed by atoms with Gasteiger partial charge in [0.2, 0.25) is 0 Å². The zero-order valence-electron chi connectivity index (χ0n) is 20.1. The Hall–Kier alpha value is -3.56. The number of fused-ring (bicyclic) bond motifs is 2. The van der Waals surface area contributed by atoms with Gasteiger partial charge in [0, 0.05) is 17.5 Å². The van der Waals surface area contributed by atoms with Crippen molar-refractivity contribution in [3.8, 4) is 23.0 Å². The largest absolute Gasteiger partial charge is 0.493 e. The van der Waals surface area contributed by atoms with Gasteiger partial charge in [0.25, 0.3) is 5.56 Å². The number of aromatic nitrogens is 2. The summed E-state index contributed by atoms with van der Waals surface area (Å²) < 4.78 is 21.9. The molecule has 1 aliphatic heterocycles. The van der Waals surface area contributed by atoms with E-state index in [4.69, 9.17) is 23.9 Å². The van der Waals surface area contributed by atoms with Crippen molar-refractivity contribution in [3.63, 3.8) is 0 Å². The van der Waals surface area contributed by atoms with Gasteiger partial charge >= 0.3 is 0 Å². The summed E-state index contributed by atoms with van der Waals surface area (Å²) >= 11 is 1.71. The molecule has 1 aliphatic rings. The van der Waals surface area contributed by atoms with E-state index in [0.29, 0.717) is 40.5 Å². The lowest BCUT2D eigenvalue weighted by atomic mass is 9.91. The van der Waals surface area contributed by atoms with E-state index in [1.54, 1.807) is 51.9 Å². The van der Waals surface area contributed by atoms with Crippen LogP contribution in [0.4, 0.5) is 0 Å². The number of rotatable bonds is 7. The molecule has 0 saturated heterocycles. The number of H-pyrrole nitrogens is 1. The molecule has 0 amide bonds. The first-order valence-corrected chi connectivity index (χ1v) is 12.1. The van der Waals surface area contributed by atoms with Gasteiger partial charge in [0.05, 0.1) is 51.9 Å². The average molecular weight is 494 g/mol. The molecule has 1 atom stereocenters. The molecule has 5 rings (SSSR count). The van der Waals surface area contributed by atoms with Crippen LogP contribution in [0.15, 0.2) is 46.6 Å². The van der Waals surface area contributed by atoms with Crippen LogP contribution < -0.4 is 24.5 Å². The minimum absolute atomic E-state index is 0.00459. The smallest absolute Gasteiger partial charge is 0.258 e. The predicted octanol–water partition coefficient (Wildman–Crippen LogP) is 4.17. The Bertz CT molecular complexity index is 1420. The molecule has 1 N–H and O–H groups in total. The van der Waals surface area contributed by atoms with Gasteiger partial charge < -0.3 is 23.9 Å². The van der Waals surface area contributed by atoms with Crippen LogP contribution in [0.3, 0.4) is 0 Å².